The van der Waals surface area contributed by atoms with Gasteiger partial charge in [-0.2, -0.15) is 0 Å². The lowest BCUT2D eigenvalue weighted by Crippen LogP contribution is -2.67. The van der Waals surface area contributed by atoms with Crippen LogP contribution in [-0.2, 0) is 21.1 Å². The van der Waals surface area contributed by atoms with Crippen molar-refractivity contribution in [1.29, 1.82) is 0 Å². The van der Waals surface area contributed by atoms with Gasteiger partial charge in [-0.15, -0.1) is 0 Å². The highest BCUT2D eigenvalue weighted by Gasteiger charge is 2.61. The molecule has 1 spiro atoms. The average Bonchev–Trinajstić information content (AvgIpc) is 2.69. The normalized spacial score (nSPS) is 26.8. The molecule has 0 bridgehead atoms. The molecule has 1 aromatic rings. The number of pyridine rings is 1. The number of hydrogen-bond acceptors (Lipinski definition) is 5. The van der Waals surface area contributed by atoms with Crippen LogP contribution in [0.3, 0.4) is 0 Å². The largest absolute Gasteiger partial charge is 0.381 e. The van der Waals surface area contributed by atoms with Gasteiger partial charge in [0.05, 0.1) is 12.4 Å². The maximum absolute atomic E-state index is 12.4. The lowest BCUT2D eigenvalue weighted by Gasteiger charge is -2.50. The smallest absolute Gasteiger partial charge is 0.158 e. The Morgan fingerprint density at radius 2 is 2.29 bits per heavy atom. The van der Waals surface area contributed by atoms with E-state index in [0.29, 0.717) is 32.1 Å². The zero-order chi connectivity index (χ0) is 14.9. The summed E-state index contributed by atoms with van der Waals surface area (Å²) in [5, 5.41) is 0. The van der Waals surface area contributed by atoms with Gasteiger partial charge in [-0.25, -0.2) is 8.42 Å². The summed E-state index contributed by atoms with van der Waals surface area (Å²) in [7, 11) is -2.99. The number of sulfone groups is 1. The molecule has 0 saturated carbocycles. The number of nitrogens with zero attached hydrogens (tertiary/aromatic N) is 2. The Bertz CT molecular complexity index is 582. The molecule has 0 amide bonds. The number of likely N-dealkylation sites (tertiary alicyclic amines) is 1. The van der Waals surface area contributed by atoms with E-state index in [0.717, 1.165) is 18.5 Å². The summed E-state index contributed by atoms with van der Waals surface area (Å²) in [6.45, 7) is 5.19. The summed E-state index contributed by atoms with van der Waals surface area (Å²) >= 11 is 0. The summed E-state index contributed by atoms with van der Waals surface area (Å²) in [6, 6.07) is 3.94. The Morgan fingerprint density at radius 1 is 1.48 bits per heavy atom. The fourth-order valence-corrected chi connectivity index (χ4v) is 5.99. The van der Waals surface area contributed by atoms with Gasteiger partial charge in [0.15, 0.2) is 9.84 Å². The van der Waals surface area contributed by atoms with Crippen molar-refractivity contribution in [3.63, 3.8) is 0 Å². The van der Waals surface area contributed by atoms with E-state index in [9.17, 15) is 8.42 Å². The Morgan fingerprint density at radius 3 is 2.95 bits per heavy atom. The molecule has 2 saturated heterocycles. The Balaban J connectivity index is 1.67. The van der Waals surface area contributed by atoms with Crippen molar-refractivity contribution >= 4 is 9.84 Å². The third kappa shape index (κ3) is 2.60. The van der Waals surface area contributed by atoms with Crippen LogP contribution in [-0.4, -0.2) is 55.1 Å². The predicted octanol–water partition coefficient (Wildman–Crippen LogP) is 1.11. The van der Waals surface area contributed by atoms with E-state index in [1.807, 2.05) is 25.3 Å². The van der Waals surface area contributed by atoms with Gasteiger partial charge in [-0.05, 0) is 25.0 Å². The molecular weight excluding hydrogens is 288 g/mol. The molecule has 6 heteroatoms. The second-order valence-corrected chi connectivity index (χ2v) is 8.49. The molecule has 5 nitrogen and oxygen atoms in total. The van der Waals surface area contributed by atoms with Crippen molar-refractivity contribution in [1.82, 2.24) is 9.88 Å². The molecule has 3 heterocycles. The maximum atomic E-state index is 12.4. The van der Waals surface area contributed by atoms with Crippen LogP contribution in [0.5, 0.6) is 0 Å². The topological polar surface area (TPSA) is 59.5 Å². The lowest BCUT2D eigenvalue weighted by atomic mass is 9.83. The quantitative estimate of drug-likeness (QED) is 0.815. The van der Waals surface area contributed by atoms with Crippen LogP contribution in [0.15, 0.2) is 24.5 Å². The van der Waals surface area contributed by atoms with Gasteiger partial charge in [-0.1, -0.05) is 6.07 Å². The minimum atomic E-state index is -2.99. The molecule has 0 radical (unpaired) electrons. The first-order valence-corrected chi connectivity index (χ1v) is 9.14. The molecule has 3 rings (SSSR count). The first-order valence-electron chi connectivity index (χ1n) is 7.49. The highest BCUT2D eigenvalue weighted by Crippen LogP contribution is 2.45. The molecular formula is C15H22N2O3S. The van der Waals surface area contributed by atoms with Gasteiger partial charge in [0.1, 0.15) is 4.75 Å². The van der Waals surface area contributed by atoms with Crippen LogP contribution < -0.4 is 0 Å². The van der Waals surface area contributed by atoms with E-state index >= 15 is 0 Å². The molecule has 0 N–H and O–H groups in total. The highest BCUT2D eigenvalue weighted by molar-refractivity contribution is 7.93. The average molecular weight is 310 g/mol. The summed E-state index contributed by atoms with van der Waals surface area (Å²) in [5.74, 6) is 0.457. The summed E-state index contributed by atoms with van der Waals surface area (Å²) in [4.78, 5) is 6.30. The molecule has 116 valence electrons. The fraction of sp³-hybridized carbons (Fsp3) is 0.667. The van der Waals surface area contributed by atoms with Crippen molar-refractivity contribution in [2.24, 2.45) is 5.92 Å². The minimum absolute atomic E-state index is 0.146. The Kier molecular flexibility index (Phi) is 4.03. The molecule has 1 aromatic heterocycles. The van der Waals surface area contributed by atoms with Gasteiger partial charge < -0.3 is 4.74 Å². The first kappa shape index (κ1) is 14.9. The number of aromatic nitrogens is 1. The van der Waals surface area contributed by atoms with Gasteiger partial charge >= 0.3 is 0 Å². The van der Waals surface area contributed by atoms with Crippen molar-refractivity contribution in [2.75, 3.05) is 32.1 Å². The van der Waals surface area contributed by atoms with Gasteiger partial charge in [0, 0.05) is 44.6 Å². The van der Waals surface area contributed by atoms with Crippen LogP contribution in [0.4, 0.5) is 0 Å². The van der Waals surface area contributed by atoms with Gasteiger partial charge in [0.25, 0.3) is 0 Å². The monoisotopic (exact) mass is 310 g/mol. The molecule has 0 unspecified atom stereocenters. The summed E-state index contributed by atoms with van der Waals surface area (Å²) < 4.78 is 29.8. The first-order chi connectivity index (χ1) is 10.1. The van der Waals surface area contributed by atoms with Gasteiger partial charge in [0.2, 0.25) is 0 Å². The maximum Gasteiger partial charge on any atom is 0.158 e. The molecule has 2 aliphatic heterocycles. The standard InChI is InChI=1S/C15H22N2O3S/c1-2-20-10-14-5-7-21(18,19)15(14)11-17(12-15)9-13-4-3-6-16-8-13/h3-4,6,8,14H,2,5,7,9-12H2,1H3/t14-/m0/s1. The number of rotatable bonds is 5. The second-order valence-electron chi connectivity index (χ2n) is 6.04. The van der Waals surface area contributed by atoms with E-state index in [1.54, 1.807) is 6.20 Å². The van der Waals surface area contributed by atoms with Crippen LogP contribution in [0, 0.1) is 5.92 Å². The van der Waals surface area contributed by atoms with Crippen molar-refractivity contribution < 1.29 is 13.2 Å². The second kappa shape index (κ2) is 5.66. The molecule has 21 heavy (non-hydrogen) atoms. The summed E-state index contributed by atoms with van der Waals surface area (Å²) in [5.41, 5.74) is 1.13. The van der Waals surface area contributed by atoms with Crippen LogP contribution in [0.1, 0.15) is 18.9 Å². The molecule has 0 aliphatic carbocycles. The van der Waals surface area contributed by atoms with E-state index in [2.05, 4.69) is 9.88 Å². The lowest BCUT2D eigenvalue weighted by molar-refractivity contribution is 0.0291. The third-order valence-electron chi connectivity index (χ3n) is 4.73. The summed E-state index contributed by atoms with van der Waals surface area (Å²) in [6.07, 6.45) is 4.33. The zero-order valence-corrected chi connectivity index (χ0v) is 13.2. The zero-order valence-electron chi connectivity index (χ0n) is 12.4. The fourth-order valence-electron chi connectivity index (χ4n) is 3.54. The number of hydrogen-bond donors (Lipinski definition) is 0. The van der Waals surface area contributed by atoms with E-state index in [-0.39, 0.29) is 5.92 Å². The molecule has 1 atom stereocenters. The van der Waals surface area contributed by atoms with E-state index in [4.69, 9.17) is 4.74 Å². The van der Waals surface area contributed by atoms with Crippen LogP contribution >= 0.6 is 0 Å². The SMILES string of the molecule is CCOC[C@@H]1CCS(=O)(=O)C12CN(Cc1cccnc1)C2. The highest BCUT2D eigenvalue weighted by atomic mass is 32.2. The van der Waals surface area contributed by atoms with Crippen LogP contribution in [0.2, 0.25) is 0 Å². The third-order valence-corrected chi connectivity index (χ3v) is 7.34. The Hall–Kier alpha value is -0.980. The molecule has 0 aromatic carbocycles. The van der Waals surface area contributed by atoms with Crippen LogP contribution in [0.25, 0.3) is 0 Å². The molecule has 2 fully saturated rings. The number of ether oxygens (including phenoxy) is 1. The molecule has 2 aliphatic rings. The van der Waals surface area contributed by atoms with Crippen molar-refractivity contribution in [3.05, 3.63) is 30.1 Å². The van der Waals surface area contributed by atoms with Crippen molar-refractivity contribution in [3.8, 4) is 0 Å². The van der Waals surface area contributed by atoms with Crippen molar-refractivity contribution in [2.45, 2.75) is 24.6 Å². The minimum Gasteiger partial charge on any atom is -0.381 e. The van der Waals surface area contributed by atoms with E-state index in [1.165, 1.54) is 0 Å². The predicted molar refractivity (Wildman–Crippen MR) is 80.6 cm³/mol. The van der Waals surface area contributed by atoms with E-state index < -0.39 is 14.6 Å². The van der Waals surface area contributed by atoms with Gasteiger partial charge in [-0.3, -0.25) is 9.88 Å². The Labute approximate surface area is 126 Å².